The highest BCUT2D eigenvalue weighted by Crippen LogP contribution is 2.40. The third-order valence-electron chi connectivity index (χ3n) is 6.20. The molecule has 4 heterocycles. The van der Waals surface area contributed by atoms with Crippen molar-refractivity contribution in [1.29, 1.82) is 0 Å². The maximum atomic E-state index is 14.4. The SMILES string of the molecule is CNCCNc1cc[n+](CC2=C(C(=O)O)N3C(=O)[C@@H](NC(=O)C(=NO[C@@H](C)C(=O)O)c4nc(N)sc4F)[C@H]3SC2)cc1. The van der Waals surface area contributed by atoms with E-state index in [1.807, 2.05) is 19.2 Å². The number of β-lactam (4-membered cyclic amide) rings is 1. The van der Waals surface area contributed by atoms with Crippen molar-refractivity contribution in [1.82, 2.24) is 20.5 Å². The number of nitrogens with one attached hydrogen (secondary N) is 3. The molecule has 1 fully saturated rings. The molecule has 2 amide bonds. The first-order valence-corrected chi connectivity index (χ1v) is 14.4. The van der Waals surface area contributed by atoms with Crippen molar-refractivity contribution in [3.05, 3.63) is 46.6 Å². The fourth-order valence-corrected chi connectivity index (χ4v) is 5.97. The molecule has 3 atom stereocenters. The molecule has 4 rings (SSSR count). The maximum Gasteiger partial charge on any atom is 0.352 e. The predicted molar refractivity (Wildman–Crippen MR) is 150 cm³/mol. The molecule has 2 aromatic rings. The number of likely N-dealkylation sites (N-methyl/N-ethyl adjacent to an activating group) is 1. The minimum Gasteiger partial charge on any atom is -0.478 e. The van der Waals surface area contributed by atoms with Gasteiger partial charge in [0.05, 0.1) is 0 Å². The second-order valence-electron chi connectivity index (χ2n) is 9.11. The van der Waals surface area contributed by atoms with Gasteiger partial charge in [0, 0.05) is 42.2 Å². The molecule has 0 saturated carbocycles. The lowest BCUT2D eigenvalue weighted by Gasteiger charge is -2.49. The fraction of sp³-hybridized carbons (Fsp3) is 0.375. The number of aliphatic carboxylic acids is 2. The highest BCUT2D eigenvalue weighted by atomic mass is 32.2. The number of hydrogen-bond donors (Lipinski definition) is 6. The number of hydrogen-bond acceptors (Lipinski definition) is 12. The number of amides is 2. The Kier molecular flexibility index (Phi) is 9.59. The van der Waals surface area contributed by atoms with Crippen LogP contribution in [0.15, 0.2) is 41.0 Å². The van der Waals surface area contributed by atoms with Crippen LogP contribution in [0.2, 0.25) is 0 Å². The largest absolute Gasteiger partial charge is 0.478 e. The quantitative estimate of drug-likeness (QED) is 0.0544. The van der Waals surface area contributed by atoms with Crippen LogP contribution in [0, 0.1) is 5.13 Å². The van der Waals surface area contributed by atoms with E-state index in [2.05, 4.69) is 26.1 Å². The zero-order valence-corrected chi connectivity index (χ0v) is 24.0. The number of carbonyl (C=O) groups is 4. The molecule has 7 N–H and O–H groups in total. The standard InChI is InChI=1S/C24H27FN8O7S2/c1-11(22(36)37)40-31-15(14-18(25)42-24(26)30-14)19(34)29-16-20(35)33-17(23(38)39)12(10-41-21(16)33)9-32-7-3-13(4-8-32)28-6-5-27-2/h3-4,7-8,11,16,21,27H,5-6,9-10H2,1-2H3,(H5,26,29,30,34,36,37,38,39)/p+1/t11-,16+,21+/m0/s1. The second kappa shape index (κ2) is 13.1. The van der Waals surface area contributed by atoms with Crippen molar-refractivity contribution < 1.29 is 43.2 Å². The number of thioether (sulfide) groups is 1. The minimum atomic E-state index is -1.48. The normalized spacial score (nSPS) is 19.1. The summed E-state index contributed by atoms with van der Waals surface area (Å²) in [6.45, 7) is 2.89. The number of pyridine rings is 1. The van der Waals surface area contributed by atoms with Gasteiger partial charge in [0.15, 0.2) is 29.8 Å². The lowest BCUT2D eigenvalue weighted by atomic mass is 10.0. The number of carbonyl (C=O) groups excluding carboxylic acids is 2. The van der Waals surface area contributed by atoms with Gasteiger partial charge in [0.2, 0.25) is 11.2 Å². The number of carboxylic acid groups (broad SMARTS) is 2. The van der Waals surface area contributed by atoms with Gasteiger partial charge >= 0.3 is 11.9 Å². The van der Waals surface area contributed by atoms with Crippen molar-refractivity contribution >= 4 is 63.4 Å². The summed E-state index contributed by atoms with van der Waals surface area (Å²) < 4.78 is 16.2. The Labute approximate surface area is 246 Å². The molecule has 2 aliphatic heterocycles. The average molecular weight is 624 g/mol. The van der Waals surface area contributed by atoms with Gasteiger partial charge in [-0.1, -0.05) is 16.5 Å². The predicted octanol–water partition coefficient (Wildman–Crippen LogP) is -0.584. The smallest absolute Gasteiger partial charge is 0.352 e. The van der Waals surface area contributed by atoms with E-state index in [1.165, 1.54) is 11.8 Å². The lowest BCUT2D eigenvalue weighted by Crippen LogP contribution is -2.71. The van der Waals surface area contributed by atoms with E-state index in [0.29, 0.717) is 16.9 Å². The third-order valence-corrected chi connectivity index (χ3v) is 8.21. The minimum absolute atomic E-state index is 0.177. The topological polar surface area (TPSA) is 212 Å². The Morgan fingerprint density at radius 1 is 1.31 bits per heavy atom. The van der Waals surface area contributed by atoms with E-state index in [1.54, 1.807) is 17.0 Å². The average Bonchev–Trinajstić information content (AvgIpc) is 3.29. The molecule has 0 aliphatic carbocycles. The van der Waals surface area contributed by atoms with E-state index >= 15 is 0 Å². The number of aromatic nitrogens is 2. The van der Waals surface area contributed by atoms with Crippen LogP contribution < -0.4 is 26.3 Å². The van der Waals surface area contributed by atoms with E-state index < -0.39 is 57.8 Å². The summed E-state index contributed by atoms with van der Waals surface area (Å²) in [6, 6.07) is 2.54. The number of fused-ring (bicyclic) bond motifs is 1. The first kappa shape index (κ1) is 30.7. The fourth-order valence-electron chi connectivity index (χ4n) is 4.08. The number of nitrogens with zero attached hydrogens (tertiary/aromatic N) is 4. The summed E-state index contributed by atoms with van der Waals surface area (Å²) in [5.74, 6) is -4.20. The molecule has 15 nitrogen and oxygen atoms in total. The van der Waals surface area contributed by atoms with Crippen LogP contribution in [0.25, 0.3) is 0 Å². The highest BCUT2D eigenvalue weighted by molar-refractivity contribution is 8.00. The van der Waals surface area contributed by atoms with Crippen LogP contribution in [0.3, 0.4) is 0 Å². The van der Waals surface area contributed by atoms with Gasteiger partial charge < -0.3 is 36.7 Å². The summed E-state index contributed by atoms with van der Waals surface area (Å²) in [6.07, 6.45) is 2.11. The number of rotatable bonds is 13. The van der Waals surface area contributed by atoms with Crippen LogP contribution in [-0.2, 0) is 30.6 Å². The van der Waals surface area contributed by atoms with Crippen molar-refractivity contribution in [2.75, 3.05) is 36.9 Å². The molecular weight excluding hydrogens is 595 g/mol. The number of carboxylic acids is 2. The molecule has 0 unspecified atom stereocenters. The van der Waals surface area contributed by atoms with E-state index in [4.69, 9.17) is 15.7 Å². The molecule has 18 heteroatoms. The highest BCUT2D eigenvalue weighted by Gasteiger charge is 2.55. The summed E-state index contributed by atoms with van der Waals surface area (Å²) >= 11 is 1.68. The van der Waals surface area contributed by atoms with Gasteiger partial charge in [-0.15, -0.1) is 11.8 Å². The summed E-state index contributed by atoms with van der Waals surface area (Å²) in [5, 5.41) is 29.3. The molecule has 42 heavy (non-hydrogen) atoms. The second-order valence-corrected chi connectivity index (χ2v) is 11.2. The van der Waals surface area contributed by atoms with Gasteiger partial charge in [-0.25, -0.2) is 19.1 Å². The molecular formula is C24H28FN8O7S2+. The number of halogens is 1. The molecule has 0 spiro atoms. The Hall–Kier alpha value is -4.29. The molecule has 0 bridgehead atoms. The zero-order chi connectivity index (χ0) is 30.6. The molecule has 0 radical (unpaired) electrons. The van der Waals surface area contributed by atoms with Gasteiger partial charge in [-0.3, -0.25) is 14.5 Å². The van der Waals surface area contributed by atoms with Crippen LogP contribution in [0.4, 0.5) is 15.2 Å². The Morgan fingerprint density at radius 3 is 2.62 bits per heavy atom. The van der Waals surface area contributed by atoms with Crippen LogP contribution in [-0.4, -0.2) is 93.0 Å². The van der Waals surface area contributed by atoms with E-state index in [-0.39, 0.29) is 23.1 Å². The summed E-state index contributed by atoms with van der Waals surface area (Å²) in [5.41, 5.74) is 5.44. The van der Waals surface area contributed by atoms with Crippen molar-refractivity contribution in [3.8, 4) is 0 Å². The molecule has 1 saturated heterocycles. The van der Waals surface area contributed by atoms with Gasteiger partial charge in [0.25, 0.3) is 11.8 Å². The molecule has 224 valence electrons. The monoisotopic (exact) mass is 623 g/mol. The molecule has 0 aromatic carbocycles. The van der Waals surface area contributed by atoms with Crippen molar-refractivity contribution in [2.24, 2.45) is 5.16 Å². The van der Waals surface area contributed by atoms with Gasteiger partial charge in [-0.05, 0) is 14.0 Å². The lowest BCUT2D eigenvalue weighted by molar-refractivity contribution is -0.688. The summed E-state index contributed by atoms with van der Waals surface area (Å²) in [4.78, 5) is 59.2. The number of nitrogen functional groups attached to an aromatic ring is 1. The third kappa shape index (κ3) is 6.60. The first-order chi connectivity index (χ1) is 20.0. The van der Waals surface area contributed by atoms with Crippen LogP contribution >= 0.6 is 23.1 Å². The number of nitrogens with two attached hydrogens (primary N) is 1. The molecule has 2 aromatic heterocycles. The zero-order valence-electron chi connectivity index (χ0n) is 22.4. The Bertz CT molecular complexity index is 1450. The summed E-state index contributed by atoms with van der Waals surface area (Å²) in [7, 11) is 1.85. The van der Waals surface area contributed by atoms with Crippen molar-refractivity contribution in [2.45, 2.75) is 31.0 Å². The number of oxime groups is 1. The number of anilines is 2. The van der Waals surface area contributed by atoms with E-state index in [9.17, 15) is 28.7 Å². The van der Waals surface area contributed by atoms with Crippen LogP contribution in [0.1, 0.15) is 12.6 Å². The maximum absolute atomic E-state index is 14.4. The van der Waals surface area contributed by atoms with Gasteiger partial charge in [-0.2, -0.15) is 4.39 Å². The Balaban J connectivity index is 1.50. The first-order valence-electron chi connectivity index (χ1n) is 12.5. The Morgan fingerprint density at radius 2 is 2.02 bits per heavy atom. The number of thiazole rings is 1. The van der Waals surface area contributed by atoms with Gasteiger partial charge in [0.1, 0.15) is 22.8 Å². The van der Waals surface area contributed by atoms with Crippen LogP contribution in [0.5, 0.6) is 0 Å². The molecule has 2 aliphatic rings. The van der Waals surface area contributed by atoms with E-state index in [0.717, 1.165) is 30.6 Å². The van der Waals surface area contributed by atoms with Crippen molar-refractivity contribution in [3.63, 3.8) is 0 Å².